The second-order valence-corrected chi connectivity index (χ2v) is 8.49. The molecule has 8 nitrogen and oxygen atoms in total. The summed E-state index contributed by atoms with van der Waals surface area (Å²) < 4.78 is 51.1. The van der Waals surface area contributed by atoms with Crippen LogP contribution in [0.3, 0.4) is 0 Å². The first-order valence-corrected chi connectivity index (χ1v) is 10.7. The lowest BCUT2D eigenvalue weighted by molar-refractivity contribution is -0.123. The molecule has 2 N–H and O–H groups in total. The molecule has 2 aromatic rings. The molecule has 0 spiro atoms. The van der Waals surface area contributed by atoms with Crippen molar-refractivity contribution in [2.24, 2.45) is 0 Å². The molecule has 1 aliphatic carbocycles. The fourth-order valence-corrected chi connectivity index (χ4v) is 4.09. The molecule has 0 aromatic heterocycles. The van der Waals surface area contributed by atoms with Crippen LogP contribution in [0.15, 0.2) is 47.4 Å². The van der Waals surface area contributed by atoms with Gasteiger partial charge < -0.3 is 14.8 Å². The van der Waals surface area contributed by atoms with E-state index in [0.717, 1.165) is 25.0 Å². The van der Waals surface area contributed by atoms with Gasteiger partial charge in [0.25, 0.3) is 5.91 Å². The maximum absolute atomic E-state index is 13.2. The van der Waals surface area contributed by atoms with Crippen LogP contribution in [0.1, 0.15) is 30.1 Å². The van der Waals surface area contributed by atoms with Gasteiger partial charge in [-0.3, -0.25) is 4.79 Å². The van der Waals surface area contributed by atoms with E-state index in [2.05, 4.69) is 10.0 Å². The van der Waals surface area contributed by atoms with Crippen molar-refractivity contribution in [3.8, 4) is 5.75 Å². The third kappa shape index (κ3) is 5.33. The van der Waals surface area contributed by atoms with E-state index >= 15 is 0 Å². The summed E-state index contributed by atoms with van der Waals surface area (Å²) in [5, 5.41) is 2.44. The van der Waals surface area contributed by atoms with Crippen molar-refractivity contribution in [3.63, 3.8) is 0 Å². The number of nitrogens with one attached hydrogen (secondary N) is 2. The molecule has 0 aliphatic heterocycles. The van der Waals surface area contributed by atoms with Crippen LogP contribution in [0, 0.1) is 5.82 Å². The minimum atomic E-state index is -3.88. The predicted octanol–water partition coefficient (Wildman–Crippen LogP) is 2.46. The Morgan fingerprint density at radius 1 is 1.17 bits per heavy atom. The first-order valence-electron chi connectivity index (χ1n) is 9.17. The van der Waals surface area contributed by atoms with Crippen molar-refractivity contribution in [1.29, 1.82) is 0 Å². The molecule has 10 heteroatoms. The second-order valence-electron chi connectivity index (χ2n) is 6.81. The highest BCUT2D eigenvalue weighted by Gasteiger charge is 2.31. The molecule has 0 bridgehead atoms. The standard InChI is InChI=1S/C20H21FN2O6S/c1-12(19(24)22-16-5-3-4-14(21)11-16)29-20(25)13-6-9-17(28-2)18(10-13)30(26,27)23-15-7-8-15/h3-6,9-12,15,23H,7-8H2,1-2H3,(H,22,24). The van der Waals surface area contributed by atoms with E-state index in [1.54, 1.807) is 0 Å². The Kier molecular flexibility index (Phi) is 6.37. The van der Waals surface area contributed by atoms with Gasteiger partial charge in [0.2, 0.25) is 10.0 Å². The Hall–Kier alpha value is -2.98. The molecule has 0 radical (unpaired) electrons. The van der Waals surface area contributed by atoms with Crippen LogP contribution in [0.4, 0.5) is 10.1 Å². The maximum atomic E-state index is 13.2. The van der Waals surface area contributed by atoms with E-state index in [9.17, 15) is 22.4 Å². The molecule has 160 valence electrons. The van der Waals surface area contributed by atoms with Crippen LogP contribution < -0.4 is 14.8 Å². The largest absolute Gasteiger partial charge is 0.495 e. The number of ether oxygens (including phenoxy) is 2. The van der Waals surface area contributed by atoms with E-state index in [1.807, 2.05) is 0 Å². The molecule has 0 saturated heterocycles. The number of halogens is 1. The van der Waals surface area contributed by atoms with Crippen LogP contribution >= 0.6 is 0 Å². The molecule has 1 unspecified atom stereocenters. The predicted molar refractivity (Wildman–Crippen MR) is 106 cm³/mol. The molecule has 30 heavy (non-hydrogen) atoms. The lowest BCUT2D eigenvalue weighted by atomic mass is 10.2. The molecule has 3 rings (SSSR count). The van der Waals surface area contributed by atoms with E-state index in [1.165, 1.54) is 44.4 Å². The summed E-state index contributed by atoms with van der Waals surface area (Å²) in [7, 11) is -2.56. The molecule has 1 saturated carbocycles. The summed E-state index contributed by atoms with van der Waals surface area (Å²) in [5.41, 5.74) is 0.157. The van der Waals surface area contributed by atoms with Gasteiger partial charge in [0.1, 0.15) is 16.5 Å². The molecule has 0 heterocycles. The van der Waals surface area contributed by atoms with Gasteiger partial charge in [-0.2, -0.15) is 0 Å². The second kappa shape index (κ2) is 8.80. The first kappa shape index (κ1) is 21.7. The molecule has 2 aromatic carbocycles. The average molecular weight is 436 g/mol. The molecule has 1 atom stereocenters. The topological polar surface area (TPSA) is 111 Å². The fourth-order valence-electron chi connectivity index (χ4n) is 2.59. The summed E-state index contributed by atoms with van der Waals surface area (Å²) in [6, 6.07) is 8.97. The zero-order chi connectivity index (χ0) is 21.9. The van der Waals surface area contributed by atoms with E-state index < -0.39 is 33.8 Å². The van der Waals surface area contributed by atoms with E-state index in [0.29, 0.717) is 0 Å². The number of sulfonamides is 1. The van der Waals surface area contributed by atoms with Gasteiger partial charge in [-0.15, -0.1) is 0 Å². The number of hydrogen-bond donors (Lipinski definition) is 2. The highest BCUT2D eigenvalue weighted by molar-refractivity contribution is 7.89. The lowest BCUT2D eigenvalue weighted by Crippen LogP contribution is -2.30. The molecule has 1 fully saturated rings. The Balaban J connectivity index is 1.72. The van der Waals surface area contributed by atoms with Crippen LogP contribution in [-0.4, -0.2) is 39.5 Å². The quantitative estimate of drug-likeness (QED) is 0.615. The van der Waals surface area contributed by atoms with Crippen LogP contribution in [-0.2, 0) is 19.6 Å². The number of carbonyl (C=O) groups excluding carboxylic acids is 2. The van der Waals surface area contributed by atoms with Gasteiger partial charge in [0.05, 0.1) is 12.7 Å². The first-order chi connectivity index (χ1) is 14.2. The number of amides is 1. The number of rotatable bonds is 8. The van der Waals surface area contributed by atoms with Crippen molar-refractivity contribution in [3.05, 3.63) is 53.8 Å². The zero-order valence-electron chi connectivity index (χ0n) is 16.3. The SMILES string of the molecule is COc1ccc(C(=O)OC(C)C(=O)Nc2cccc(F)c2)cc1S(=O)(=O)NC1CC1. The number of benzene rings is 2. The third-order valence-corrected chi connectivity index (χ3v) is 5.87. The molecular formula is C20H21FN2O6S. The molecule has 1 amide bonds. The Morgan fingerprint density at radius 3 is 2.53 bits per heavy atom. The van der Waals surface area contributed by atoms with Crippen molar-refractivity contribution in [1.82, 2.24) is 4.72 Å². The van der Waals surface area contributed by atoms with Crippen molar-refractivity contribution < 1.29 is 31.9 Å². The number of methoxy groups -OCH3 is 1. The van der Waals surface area contributed by atoms with Crippen molar-refractivity contribution >= 4 is 27.6 Å². The normalized spacial score (nSPS) is 14.6. The minimum absolute atomic E-state index is 0.0580. The van der Waals surface area contributed by atoms with Gasteiger partial charge in [-0.1, -0.05) is 6.07 Å². The van der Waals surface area contributed by atoms with E-state index in [4.69, 9.17) is 9.47 Å². The van der Waals surface area contributed by atoms with E-state index in [-0.39, 0.29) is 27.9 Å². The lowest BCUT2D eigenvalue weighted by Gasteiger charge is -2.15. The van der Waals surface area contributed by atoms with Gasteiger partial charge >= 0.3 is 5.97 Å². The zero-order valence-corrected chi connectivity index (χ0v) is 17.2. The molecular weight excluding hydrogens is 415 g/mol. The Bertz CT molecular complexity index is 1070. The average Bonchev–Trinajstić information content (AvgIpc) is 3.50. The van der Waals surface area contributed by atoms with Gasteiger partial charge in [0.15, 0.2) is 6.10 Å². The number of esters is 1. The minimum Gasteiger partial charge on any atom is -0.495 e. The summed E-state index contributed by atoms with van der Waals surface area (Å²) in [6.07, 6.45) is 0.301. The third-order valence-electron chi connectivity index (χ3n) is 4.33. The van der Waals surface area contributed by atoms with Crippen LogP contribution in [0.25, 0.3) is 0 Å². The number of hydrogen-bond acceptors (Lipinski definition) is 6. The van der Waals surface area contributed by atoms with Crippen molar-refractivity contribution in [2.75, 3.05) is 12.4 Å². The highest BCUT2D eigenvalue weighted by atomic mass is 32.2. The summed E-state index contributed by atoms with van der Waals surface area (Å²) in [4.78, 5) is 24.5. The highest BCUT2D eigenvalue weighted by Crippen LogP contribution is 2.28. The Morgan fingerprint density at radius 2 is 1.90 bits per heavy atom. The summed E-state index contributed by atoms with van der Waals surface area (Å²) >= 11 is 0. The summed E-state index contributed by atoms with van der Waals surface area (Å²) in [5.74, 6) is -1.99. The van der Waals surface area contributed by atoms with Crippen LogP contribution in [0.2, 0.25) is 0 Å². The van der Waals surface area contributed by atoms with Gasteiger partial charge in [-0.05, 0) is 56.2 Å². The number of anilines is 1. The summed E-state index contributed by atoms with van der Waals surface area (Å²) in [6.45, 7) is 1.35. The monoisotopic (exact) mass is 436 g/mol. The smallest absolute Gasteiger partial charge is 0.338 e. The van der Waals surface area contributed by atoms with Crippen molar-refractivity contribution in [2.45, 2.75) is 36.8 Å². The van der Waals surface area contributed by atoms with Crippen LogP contribution in [0.5, 0.6) is 5.75 Å². The van der Waals surface area contributed by atoms with Gasteiger partial charge in [-0.25, -0.2) is 22.3 Å². The molecule has 1 aliphatic rings. The van der Waals surface area contributed by atoms with Gasteiger partial charge in [0, 0.05) is 11.7 Å². The maximum Gasteiger partial charge on any atom is 0.338 e. The fraction of sp³-hybridized carbons (Fsp3) is 0.300. The number of carbonyl (C=O) groups is 2. The Labute approximate surface area is 173 Å².